The van der Waals surface area contributed by atoms with Gasteiger partial charge in [-0.25, -0.2) is 0 Å². The highest BCUT2D eigenvalue weighted by atomic mass is 16.2. The number of aryl methyl sites for hydroxylation is 1. The third kappa shape index (κ3) is 1.72. The molecule has 1 heterocycles. The first-order chi connectivity index (χ1) is 7.63. The number of ketones is 1. The number of nitrogens with one attached hydrogen (secondary N) is 1. The summed E-state index contributed by atoms with van der Waals surface area (Å²) >= 11 is 0. The monoisotopic (exact) mass is 218 g/mol. The number of amides is 1. The molecule has 0 bridgehead atoms. The molecule has 84 valence electrons. The second-order valence-electron chi connectivity index (χ2n) is 4.02. The van der Waals surface area contributed by atoms with Crippen LogP contribution in [0.5, 0.6) is 0 Å². The topological polar surface area (TPSA) is 72.2 Å². The van der Waals surface area contributed by atoms with E-state index in [1.54, 1.807) is 12.1 Å². The fourth-order valence-electron chi connectivity index (χ4n) is 1.92. The summed E-state index contributed by atoms with van der Waals surface area (Å²) in [4.78, 5) is 23.8. The summed E-state index contributed by atoms with van der Waals surface area (Å²) in [6.07, 6.45) is 0.484. The van der Waals surface area contributed by atoms with Gasteiger partial charge in [0.2, 0.25) is 0 Å². The summed E-state index contributed by atoms with van der Waals surface area (Å²) in [6.45, 7) is 2.29. The lowest BCUT2D eigenvalue weighted by Crippen LogP contribution is -2.47. The van der Waals surface area contributed by atoms with Gasteiger partial charge < -0.3 is 11.1 Å². The number of hydrogen-bond donors (Lipinski definition) is 2. The van der Waals surface area contributed by atoms with E-state index in [4.69, 9.17) is 5.73 Å². The Morgan fingerprint density at radius 1 is 1.31 bits per heavy atom. The van der Waals surface area contributed by atoms with Crippen molar-refractivity contribution in [2.45, 2.75) is 19.4 Å². The maximum atomic E-state index is 12.0. The van der Waals surface area contributed by atoms with Crippen molar-refractivity contribution in [2.24, 2.45) is 5.73 Å². The third-order valence-electron chi connectivity index (χ3n) is 2.76. The van der Waals surface area contributed by atoms with Crippen molar-refractivity contribution in [3.8, 4) is 0 Å². The van der Waals surface area contributed by atoms with Crippen molar-refractivity contribution in [1.29, 1.82) is 0 Å². The lowest BCUT2D eigenvalue weighted by molar-refractivity contribution is 0.0824. The van der Waals surface area contributed by atoms with Gasteiger partial charge in [-0.15, -0.1) is 0 Å². The van der Waals surface area contributed by atoms with E-state index < -0.39 is 6.04 Å². The molecule has 3 N–H and O–H groups in total. The zero-order valence-corrected chi connectivity index (χ0v) is 9.12. The molecule has 1 aromatic carbocycles. The Morgan fingerprint density at radius 3 is 2.75 bits per heavy atom. The van der Waals surface area contributed by atoms with Crippen molar-refractivity contribution in [2.75, 3.05) is 6.54 Å². The fraction of sp³-hybridized carbons (Fsp3) is 0.333. The largest absolute Gasteiger partial charge is 0.342 e. The van der Waals surface area contributed by atoms with Gasteiger partial charge in [0, 0.05) is 5.56 Å². The molecule has 0 saturated carbocycles. The molecule has 1 amide bonds. The molecule has 4 nitrogen and oxygen atoms in total. The SMILES string of the molecule is Cc1ccc2c(c1)C(=O)[C@H](CCN)NC2=O. The van der Waals surface area contributed by atoms with Crippen LogP contribution in [0, 0.1) is 6.92 Å². The van der Waals surface area contributed by atoms with Gasteiger partial charge in [-0.2, -0.15) is 0 Å². The zero-order valence-electron chi connectivity index (χ0n) is 9.12. The molecule has 1 aliphatic heterocycles. The average Bonchev–Trinajstić information content (AvgIpc) is 2.25. The highest BCUT2D eigenvalue weighted by molar-refractivity contribution is 6.15. The molecule has 0 saturated heterocycles. The third-order valence-corrected chi connectivity index (χ3v) is 2.76. The minimum absolute atomic E-state index is 0.0382. The Labute approximate surface area is 93.8 Å². The molecule has 1 aliphatic rings. The van der Waals surface area contributed by atoms with Crippen molar-refractivity contribution >= 4 is 11.7 Å². The zero-order chi connectivity index (χ0) is 11.7. The molecule has 0 spiro atoms. The molecule has 0 fully saturated rings. The normalized spacial score (nSPS) is 19.2. The number of Topliss-reactive ketones (excluding diaryl/α,β-unsaturated/α-hetero) is 1. The number of hydrogen-bond acceptors (Lipinski definition) is 3. The number of fused-ring (bicyclic) bond motifs is 1. The van der Waals surface area contributed by atoms with Gasteiger partial charge in [-0.1, -0.05) is 11.6 Å². The van der Waals surface area contributed by atoms with Gasteiger partial charge in [-0.05, 0) is 32.0 Å². The fourth-order valence-corrected chi connectivity index (χ4v) is 1.92. The Balaban J connectivity index is 2.44. The van der Waals surface area contributed by atoms with E-state index in [1.165, 1.54) is 0 Å². The second-order valence-corrected chi connectivity index (χ2v) is 4.02. The molecule has 0 aliphatic carbocycles. The van der Waals surface area contributed by atoms with Gasteiger partial charge in [0.25, 0.3) is 5.91 Å². The lowest BCUT2D eigenvalue weighted by atomic mass is 9.91. The smallest absolute Gasteiger partial charge is 0.252 e. The van der Waals surface area contributed by atoms with E-state index in [9.17, 15) is 9.59 Å². The summed E-state index contributed by atoms with van der Waals surface area (Å²) in [5, 5.41) is 2.67. The highest BCUT2D eigenvalue weighted by Gasteiger charge is 2.30. The molecule has 0 aromatic heterocycles. The predicted octanol–water partition coefficient (Wildman–Crippen LogP) is 0.639. The molecular formula is C12H14N2O2. The minimum Gasteiger partial charge on any atom is -0.342 e. The van der Waals surface area contributed by atoms with E-state index in [1.807, 2.05) is 13.0 Å². The highest BCUT2D eigenvalue weighted by Crippen LogP contribution is 2.19. The first kappa shape index (κ1) is 10.8. The van der Waals surface area contributed by atoms with Gasteiger partial charge in [0.1, 0.15) is 0 Å². The van der Waals surface area contributed by atoms with E-state index >= 15 is 0 Å². The summed E-state index contributed by atoms with van der Waals surface area (Å²) in [5.74, 6) is -0.225. The van der Waals surface area contributed by atoms with Crippen LogP contribution in [-0.2, 0) is 0 Å². The van der Waals surface area contributed by atoms with Crippen LogP contribution in [0.3, 0.4) is 0 Å². The lowest BCUT2D eigenvalue weighted by Gasteiger charge is -2.24. The second kappa shape index (κ2) is 4.06. The molecule has 4 heteroatoms. The Morgan fingerprint density at radius 2 is 2.06 bits per heavy atom. The van der Waals surface area contributed by atoms with Crippen LogP contribution in [-0.4, -0.2) is 24.3 Å². The first-order valence-electron chi connectivity index (χ1n) is 5.29. The van der Waals surface area contributed by atoms with Gasteiger partial charge in [-0.3, -0.25) is 9.59 Å². The molecule has 0 radical (unpaired) electrons. The summed E-state index contributed by atoms with van der Waals surface area (Å²) in [7, 11) is 0. The summed E-state index contributed by atoms with van der Waals surface area (Å²) in [6, 6.07) is 4.82. The van der Waals surface area contributed by atoms with Crippen molar-refractivity contribution in [1.82, 2.24) is 5.32 Å². The van der Waals surface area contributed by atoms with Crippen LogP contribution in [0.4, 0.5) is 0 Å². The van der Waals surface area contributed by atoms with Crippen molar-refractivity contribution in [3.05, 3.63) is 34.9 Å². The number of carbonyl (C=O) groups is 2. The molecule has 16 heavy (non-hydrogen) atoms. The van der Waals surface area contributed by atoms with Crippen LogP contribution in [0.2, 0.25) is 0 Å². The number of carbonyl (C=O) groups excluding carboxylic acids is 2. The Hall–Kier alpha value is -1.68. The van der Waals surface area contributed by atoms with Crippen molar-refractivity contribution in [3.63, 3.8) is 0 Å². The van der Waals surface area contributed by atoms with Crippen LogP contribution in [0.25, 0.3) is 0 Å². The van der Waals surface area contributed by atoms with Crippen LogP contribution in [0.1, 0.15) is 32.7 Å². The Kier molecular flexibility index (Phi) is 2.75. The molecule has 1 aromatic rings. The summed E-state index contributed by atoms with van der Waals surface area (Å²) < 4.78 is 0. The maximum Gasteiger partial charge on any atom is 0.252 e. The van der Waals surface area contributed by atoms with Crippen molar-refractivity contribution < 1.29 is 9.59 Å². The number of nitrogens with two attached hydrogens (primary N) is 1. The average molecular weight is 218 g/mol. The number of rotatable bonds is 2. The maximum absolute atomic E-state index is 12.0. The molecular weight excluding hydrogens is 204 g/mol. The quantitative estimate of drug-likeness (QED) is 0.765. The van der Waals surface area contributed by atoms with Gasteiger partial charge >= 0.3 is 0 Å². The van der Waals surface area contributed by atoms with Crippen LogP contribution < -0.4 is 11.1 Å². The number of benzene rings is 1. The molecule has 2 rings (SSSR count). The molecule has 0 unspecified atom stereocenters. The van der Waals surface area contributed by atoms with E-state index in [2.05, 4.69) is 5.32 Å². The van der Waals surface area contributed by atoms with Crippen LogP contribution >= 0.6 is 0 Å². The van der Waals surface area contributed by atoms with E-state index in [0.29, 0.717) is 24.1 Å². The Bertz CT molecular complexity index is 454. The van der Waals surface area contributed by atoms with E-state index in [0.717, 1.165) is 5.56 Å². The van der Waals surface area contributed by atoms with Crippen LogP contribution in [0.15, 0.2) is 18.2 Å². The predicted molar refractivity (Wildman–Crippen MR) is 60.4 cm³/mol. The standard InChI is InChI=1S/C12H14N2O2/c1-7-2-3-8-9(6-7)11(15)10(4-5-13)14-12(8)16/h2-3,6,10H,4-5,13H2,1H3,(H,14,16)/t10-/m0/s1. The van der Waals surface area contributed by atoms with Gasteiger partial charge in [0.15, 0.2) is 5.78 Å². The first-order valence-corrected chi connectivity index (χ1v) is 5.29. The molecule has 1 atom stereocenters. The van der Waals surface area contributed by atoms with E-state index in [-0.39, 0.29) is 11.7 Å². The summed E-state index contributed by atoms with van der Waals surface area (Å²) in [5.41, 5.74) is 7.37. The van der Waals surface area contributed by atoms with Gasteiger partial charge in [0.05, 0.1) is 11.6 Å². The minimum atomic E-state index is -0.466.